The molecule has 116 valence electrons. The summed E-state index contributed by atoms with van der Waals surface area (Å²) in [7, 11) is 0. The highest BCUT2D eigenvalue weighted by atomic mass is 35.5. The minimum absolute atomic E-state index is 0. The van der Waals surface area contributed by atoms with E-state index in [1.54, 1.807) is 0 Å². The van der Waals surface area contributed by atoms with Gasteiger partial charge in [0.2, 0.25) is 0 Å². The molecule has 5 heteroatoms. The Labute approximate surface area is 134 Å². The summed E-state index contributed by atoms with van der Waals surface area (Å²) in [4.78, 5) is 2.60. The Morgan fingerprint density at radius 3 is 2.40 bits per heavy atom. The highest BCUT2D eigenvalue weighted by Gasteiger charge is 2.32. The summed E-state index contributed by atoms with van der Waals surface area (Å²) in [5, 5.41) is 3.43. The van der Waals surface area contributed by atoms with E-state index < -0.39 is 0 Å². The summed E-state index contributed by atoms with van der Waals surface area (Å²) in [6.07, 6.45) is 4.12. The summed E-state index contributed by atoms with van der Waals surface area (Å²) >= 11 is 0. The summed E-state index contributed by atoms with van der Waals surface area (Å²) < 4.78 is 6.00. The molecule has 3 nitrogen and oxygen atoms in total. The number of hydrogen-bond donors (Lipinski definition) is 1. The van der Waals surface area contributed by atoms with Crippen LogP contribution in [0.25, 0.3) is 0 Å². The van der Waals surface area contributed by atoms with Gasteiger partial charge >= 0.3 is 0 Å². The van der Waals surface area contributed by atoms with Crippen molar-refractivity contribution in [3.05, 3.63) is 23.2 Å². The number of furan rings is 1. The van der Waals surface area contributed by atoms with Crippen LogP contribution in [0.15, 0.2) is 10.5 Å². The van der Waals surface area contributed by atoms with Crippen LogP contribution in [0.5, 0.6) is 0 Å². The number of aryl methyl sites for hydroxylation is 2. The maximum absolute atomic E-state index is 6.00. The van der Waals surface area contributed by atoms with Gasteiger partial charge in [-0.15, -0.1) is 24.8 Å². The molecule has 0 aromatic carbocycles. The van der Waals surface area contributed by atoms with Crippen molar-refractivity contribution in [1.82, 2.24) is 10.2 Å². The monoisotopic (exact) mass is 320 g/mol. The zero-order chi connectivity index (χ0) is 12.5. The normalized spacial score (nSPS) is 20.9. The molecule has 1 aromatic heterocycles. The van der Waals surface area contributed by atoms with Crippen molar-refractivity contribution in [2.24, 2.45) is 5.92 Å². The summed E-state index contributed by atoms with van der Waals surface area (Å²) in [6.45, 7) is 8.74. The predicted octanol–water partition coefficient (Wildman–Crippen LogP) is 3.49. The number of piperazine rings is 1. The summed E-state index contributed by atoms with van der Waals surface area (Å²) in [5.74, 6) is 3.22. The van der Waals surface area contributed by atoms with Crippen LogP contribution >= 0.6 is 24.8 Å². The number of halogens is 2. The predicted molar refractivity (Wildman–Crippen MR) is 87.2 cm³/mol. The van der Waals surface area contributed by atoms with E-state index in [-0.39, 0.29) is 24.8 Å². The van der Waals surface area contributed by atoms with E-state index in [1.165, 1.54) is 30.6 Å². The van der Waals surface area contributed by atoms with Gasteiger partial charge in [0.25, 0.3) is 0 Å². The SMILES string of the molecule is Cc1cc([C@@H](CC2CC2)N2CCNCC2)oc1C.Cl.Cl. The molecule has 1 saturated carbocycles. The fraction of sp³-hybridized carbons (Fsp3) is 0.733. The van der Waals surface area contributed by atoms with Crippen LogP contribution < -0.4 is 5.32 Å². The number of nitrogens with one attached hydrogen (secondary N) is 1. The van der Waals surface area contributed by atoms with Crippen molar-refractivity contribution in [3.63, 3.8) is 0 Å². The first-order chi connectivity index (χ1) is 8.74. The van der Waals surface area contributed by atoms with Crippen LogP contribution in [0.4, 0.5) is 0 Å². The molecule has 0 amide bonds. The van der Waals surface area contributed by atoms with Crippen molar-refractivity contribution in [2.45, 2.75) is 39.2 Å². The molecule has 1 saturated heterocycles. The maximum Gasteiger partial charge on any atom is 0.121 e. The molecular weight excluding hydrogens is 295 g/mol. The molecule has 3 rings (SSSR count). The molecule has 2 aliphatic rings. The molecule has 1 aliphatic carbocycles. The minimum atomic E-state index is 0. The van der Waals surface area contributed by atoms with Crippen molar-refractivity contribution >= 4 is 24.8 Å². The second-order valence-corrected chi connectivity index (χ2v) is 5.87. The summed E-state index contributed by atoms with van der Waals surface area (Å²) in [6, 6.07) is 2.76. The molecular formula is C15H26Cl2N2O. The third-order valence-electron chi connectivity index (χ3n) is 4.36. The van der Waals surface area contributed by atoms with Gasteiger partial charge in [-0.3, -0.25) is 4.90 Å². The lowest BCUT2D eigenvalue weighted by atomic mass is 10.0. The fourth-order valence-corrected chi connectivity index (χ4v) is 2.87. The van der Waals surface area contributed by atoms with Gasteiger partial charge in [-0.25, -0.2) is 0 Å². The van der Waals surface area contributed by atoms with Crippen LogP contribution in [-0.2, 0) is 0 Å². The van der Waals surface area contributed by atoms with Gasteiger partial charge in [0.15, 0.2) is 0 Å². The standard InChI is InChI=1S/C15H24N2O.2ClH/c1-11-9-15(18-12(11)2)14(10-13-3-4-13)17-7-5-16-6-8-17;;/h9,13-14,16H,3-8,10H2,1-2H3;2*1H/t14-;;/m1../s1. The first-order valence-electron chi connectivity index (χ1n) is 7.26. The molecule has 20 heavy (non-hydrogen) atoms. The van der Waals surface area contributed by atoms with Crippen LogP contribution in [0.1, 0.15) is 42.4 Å². The van der Waals surface area contributed by atoms with Crippen LogP contribution in [0.2, 0.25) is 0 Å². The topological polar surface area (TPSA) is 28.4 Å². The molecule has 1 aromatic rings. The minimum Gasteiger partial charge on any atom is -0.464 e. The van der Waals surface area contributed by atoms with Crippen molar-refractivity contribution in [3.8, 4) is 0 Å². The second-order valence-electron chi connectivity index (χ2n) is 5.87. The molecule has 2 fully saturated rings. The Bertz CT molecular complexity index is 393. The van der Waals surface area contributed by atoms with Crippen molar-refractivity contribution < 1.29 is 4.42 Å². The van der Waals surface area contributed by atoms with Crippen LogP contribution in [0, 0.1) is 19.8 Å². The first kappa shape index (κ1) is 17.8. The van der Waals surface area contributed by atoms with Gasteiger partial charge in [0, 0.05) is 26.2 Å². The van der Waals surface area contributed by atoms with Gasteiger partial charge in [-0.2, -0.15) is 0 Å². The number of rotatable bonds is 4. The quantitative estimate of drug-likeness (QED) is 0.920. The first-order valence-corrected chi connectivity index (χ1v) is 7.26. The van der Waals surface area contributed by atoms with E-state index in [0.29, 0.717) is 6.04 Å². The Hall–Kier alpha value is -0.220. The molecule has 1 atom stereocenters. The second kappa shape index (κ2) is 7.69. The van der Waals surface area contributed by atoms with E-state index >= 15 is 0 Å². The van der Waals surface area contributed by atoms with Crippen LogP contribution in [-0.4, -0.2) is 31.1 Å². The number of hydrogen-bond acceptors (Lipinski definition) is 3. The summed E-state index contributed by atoms with van der Waals surface area (Å²) in [5.41, 5.74) is 1.29. The zero-order valence-corrected chi connectivity index (χ0v) is 14.0. The molecule has 0 unspecified atom stereocenters. The smallest absolute Gasteiger partial charge is 0.121 e. The Morgan fingerprint density at radius 1 is 1.25 bits per heavy atom. The molecule has 1 aliphatic heterocycles. The van der Waals surface area contributed by atoms with Gasteiger partial charge in [0.05, 0.1) is 6.04 Å². The lowest BCUT2D eigenvalue weighted by Crippen LogP contribution is -2.45. The van der Waals surface area contributed by atoms with Gasteiger partial charge in [0.1, 0.15) is 11.5 Å². The van der Waals surface area contributed by atoms with E-state index in [2.05, 4.69) is 30.1 Å². The zero-order valence-electron chi connectivity index (χ0n) is 12.4. The average molecular weight is 321 g/mol. The van der Waals surface area contributed by atoms with Crippen LogP contribution in [0.3, 0.4) is 0 Å². The molecule has 2 heterocycles. The van der Waals surface area contributed by atoms with Gasteiger partial charge in [-0.05, 0) is 37.8 Å². The fourth-order valence-electron chi connectivity index (χ4n) is 2.87. The molecule has 0 spiro atoms. The van der Waals surface area contributed by atoms with E-state index in [9.17, 15) is 0 Å². The third-order valence-corrected chi connectivity index (χ3v) is 4.36. The Kier molecular flexibility index (Phi) is 6.86. The van der Waals surface area contributed by atoms with Gasteiger partial charge in [-0.1, -0.05) is 12.8 Å². The average Bonchev–Trinajstić information content (AvgIpc) is 3.14. The highest BCUT2D eigenvalue weighted by Crippen LogP contribution is 2.40. The largest absolute Gasteiger partial charge is 0.464 e. The van der Waals surface area contributed by atoms with E-state index in [0.717, 1.165) is 37.9 Å². The maximum atomic E-state index is 6.00. The highest BCUT2D eigenvalue weighted by molar-refractivity contribution is 5.85. The van der Waals surface area contributed by atoms with Crippen molar-refractivity contribution in [1.29, 1.82) is 0 Å². The van der Waals surface area contributed by atoms with E-state index in [1.807, 2.05) is 0 Å². The van der Waals surface area contributed by atoms with Gasteiger partial charge < -0.3 is 9.73 Å². The lowest BCUT2D eigenvalue weighted by molar-refractivity contribution is 0.141. The Morgan fingerprint density at radius 2 is 1.90 bits per heavy atom. The number of nitrogens with zero attached hydrogens (tertiary/aromatic N) is 1. The third kappa shape index (κ3) is 4.14. The molecule has 0 bridgehead atoms. The van der Waals surface area contributed by atoms with E-state index in [4.69, 9.17) is 4.42 Å². The molecule has 0 radical (unpaired) electrons. The lowest BCUT2D eigenvalue weighted by Gasteiger charge is -2.34. The Balaban J connectivity index is 0.000001000. The van der Waals surface area contributed by atoms with Crippen molar-refractivity contribution in [2.75, 3.05) is 26.2 Å². The molecule has 1 N–H and O–H groups in total.